The largest absolute Gasteiger partial charge is 0.383 e. The molecule has 0 saturated heterocycles. The molecule has 2 aromatic rings. The van der Waals surface area contributed by atoms with Gasteiger partial charge in [-0.1, -0.05) is 23.7 Å². The third-order valence-corrected chi connectivity index (χ3v) is 5.42. The third kappa shape index (κ3) is 5.45. The Hall–Kier alpha value is -2.84. The van der Waals surface area contributed by atoms with Crippen molar-refractivity contribution >= 4 is 29.3 Å². The number of carbonyl (C=O) groups is 2. The molecule has 1 aromatic carbocycles. The highest BCUT2D eigenvalue weighted by Crippen LogP contribution is 2.33. The number of nitrogens with one attached hydrogen (secondary N) is 1. The van der Waals surface area contributed by atoms with Crippen LogP contribution in [0.4, 0.5) is 4.79 Å². The molecular formula is C22H28ClN5O3. The lowest BCUT2D eigenvalue weighted by Crippen LogP contribution is -2.47. The molecule has 0 aliphatic carbocycles. The Balaban J connectivity index is 1.87. The Labute approximate surface area is 187 Å². The van der Waals surface area contributed by atoms with Gasteiger partial charge in [-0.05, 0) is 36.8 Å². The number of methoxy groups -OCH3 is 1. The summed E-state index contributed by atoms with van der Waals surface area (Å²) in [5.41, 5.74) is 2.71. The Bertz CT molecular complexity index is 941. The first-order chi connectivity index (χ1) is 14.9. The number of aromatic nitrogens is 1. The molecule has 0 unspecified atom stereocenters. The van der Waals surface area contributed by atoms with Crippen LogP contribution in [0.2, 0.25) is 5.02 Å². The maximum atomic E-state index is 13.3. The van der Waals surface area contributed by atoms with Gasteiger partial charge >= 0.3 is 6.03 Å². The minimum atomic E-state index is -0.304. The lowest BCUT2D eigenvalue weighted by Gasteiger charge is -2.27. The average molecular weight is 446 g/mol. The standard InChI is InChI=1S/C22H28ClN5O3/c1-4-24-22(30)27(12-13-31-3)15-21(29)28-20(16-7-9-17(23)10-8-16)14-18(25-28)19-6-5-11-26(19)2/h5-11,20H,4,12-15H2,1-3H3,(H,24,30)/t20-/m0/s1. The molecule has 166 valence electrons. The SMILES string of the molecule is CCNC(=O)N(CCOC)CC(=O)N1N=C(c2cccn2C)C[C@H]1c1ccc(Cl)cc1. The Morgan fingerprint density at radius 1 is 1.29 bits per heavy atom. The van der Waals surface area contributed by atoms with Crippen molar-refractivity contribution in [2.75, 3.05) is 33.4 Å². The molecular weight excluding hydrogens is 418 g/mol. The van der Waals surface area contributed by atoms with E-state index in [1.807, 2.05) is 49.0 Å². The summed E-state index contributed by atoms with van der Waals surface area (Å²) in [4.78, 5) is 27.2. The maximum Gasteiger partial charge on any atom is 0.317 e. The zero-order valence-electron chi connectivity index (χ0n) is 18.0. The van der Waals surface area contributed by atoms with E-state index >= 15 is 0 Å². The molecule has 31 heavy (non-hydrogen) atoms. The number of aryl methyl sites for hydroxylation is 1. The predicted octanol–water partition coefficient (Wildman–Crippen LogP) is 3.03. The molecule has 3 rings (SSSR count). The highest BCUT2D eigenvalue weighted by molar-refractivity contribution is 6.30. The Morgan fingerprint density at radius 3 is 2.65 bits per heavy atom. The number of rotatable bonds is 8. The summed E-state index contributed by atoms with van der Waals surface area (Å²) >= 11 is 6.05. The molecule has 8 nitrogen and oxygen atoms in total. The summed E-state index contributed by atoms with van der Waals surface area (Å²) in [6, 6.07) is 10.8. The van der Waals surface area contributed by atoms with Gasteiger partial charge in [-0.15, -0.1) is 0 Å². The van der Waals surface area contributed by atoms with Crippen molar-refractivity contribution in [2.45, 2.75) is 19.4 Å². The molecule has 0 fully saturated rings. The normalized spacial score (nSPS) is 15.7. The second kappa shape index (κ2) is 10.5. The molecule has 9 heteroatoms. The third-order valence-electron chi connectivity index (χ3n) is 5.17. The topological polar surface area (TPSA) is 79.2 Å². The van der Waals surface area contributed by atoms with Crippen LogP contribution in [0.1, 0.15) is 30.6 Å². The molecule has 1 atom stereocenters. The van der Waals surface area contributed by atoms with Gasteiger partial charge in [0, 0.05) is 44.9 Å². The fourth-order valence-corrected chi connectivity index (χ4v) is 3.68. The Kier molecular flexibility index (Phi) is 7.70. The van der Waals surface area contributed by atoms with Crippen molar-refractivity contribution in [3.63, 3.8) is 0 Å². The smallest absolute Gasteiger partial charge is 0.317 e. The number of ether oxygens (including phenoxy) is 1. The first-order valence-corrected chi connectivity index (χ1v) is 10.6. The van der Waals surface area contributed by atoms with E-state index in [1.54, 1.807) is 19.2 Å². The van der Waals surface area contributed by atoms with Crippen LogP contribution in [-0.4, -0.2) is 65.5 Å². The summed E-state index contributed by atoms with van der Waals surface area (Å²) in [6.07, 6.45) is 2.52. The van der Waals surface area contributed by atoms with Gasteiger partial charge in [0.05, 0.1) is 24.1 Å². The van der Waals surface area contributed by atoms with Crippen molar-refractivity contribution in [1.82, 2.24) is 19.8 Å². The molecule has 0 radical (unpaired) electrons. The number of hydrazone groups is 1. The van der Waals surface area contributed by atoms with Crippen LogP contribution in [0.15, 0.2) is 47.7 Å². The van der Waals surface area contributed by atoms with Crippen LogP contribution in [0.25, 0.3) is 0 Å². The van der Waals surface area contributed by atoms with E-state index in [0.29, 0.717) is 31.1 Å². The number of urea groups is 1. The van der Waals surface area contributed by atoms with E-state index in [9.17, 15) is 9.59 Å². The molecule has 1 aliphatic heterocycles. The van der Waals surface area contributed by atoms with Gasteiger partial charge in [-0.3, -0.25) is 4.79 Å². The number of benzene rings is 1. The average Bonchev–Trinajstić information content (AvgIpc) is 3.38. The van der Waals surface area contributed by atoms with E-state index in [1.165, 1.54) is 9.91 Å². The molecule has 0 saturated carbocycles. The van der Waals surface area contributed by atoms with Crippen LogP contribution in [-0.2, 0) is 16.6 Å². The van der Waals surface area contributed by atoms with Gasteiger partial charge in [-0.25, -0.2) is 9.80 Å². The van der Waals surface area contributed by atoms with Crippen molar-refractivity contribution in [2.24, 2.45) is 12.1 Å². The summed E-state index contributed by atoms with van der Waals surface area (Å²) in [7, 11) is 3.51. The van der Waals surface area contributed by atoms with Crippen LogP contribution >= 0.6 is 11.6 Å². The monoisotopic (exact) mass is 445 g/mol. The van der Waals surface area contributed by atoms with Crippen molar-refractivity contribution < 1.29 is 14.3 Å². The second-order valence-corrected chi connectivity index (χ2v) is 7.75. The van der Waals surface area contributed by atoms with Crippen molar-refractivity contribution in [3.05, 3.63) is 58.9 Å². The summed E-state index contributed by atoms with van der Waals surface area (Å²) < 4.78 is 7.08. The highest BCUT2D eigenvalue weighted by atomic mass is 35.5. The van der Waals surface area contributed by atoms with Gasteiger partial charge in [-0.2, -0.15) is 5.10 Å². The van der Waals surface area contributed by atoms with E-state index in [4.69, 9.17) is 16.3 Å². The van der Waals surface area contributed by atoms with Crippen LogP contribution < -0.4 is 5.32 Å². The number of halogens is 1. The number of amides is 3. The van der Waals surface area contributed by atoms with Crippen LogP contribution in [0, 0.1) is 0 Å². The number of nitrogens with zero attached hydrogens (tertiary/aromatic N) is 4. The molecule has 1 aliphatic rings. The van der Waals surface area contributed by atoms with Crippen molar-refractivity contribution in [1.29, 1.82) is 0 Å². The summed E-state index contributed by atoms with van der Waals surface area (Å²) in [5.74, 6) is -0.258. The lowest BCUT2D eigenvalue weighted by molar-refractivity contribution is -0.133. The first kappa shape index (κ1) is 22.8. The maximum absolute atomic E-state index is 13.3. The van der Waals surface area contributed by atoms with E-state index < -0.39 is 0 Å². The van der Waals surface area contributed by atoms with E-state index in [0.717, 1.165) is 17.0 Å². The summed E-state index contributed by atoms with van der Waals surface area (Å²) in [5, 5.41) is 9.53. The van der Waals surface area contributed by atoms with Gasteiger partial charge < -0.3 is 19.5 Å². The lowest BCUT2D eigenvalue weighted by atomic mass is 10.0. The van der Waals surface area contributed by atoms with Crippen LogP contribution in [0.3, 0.4) is 0 Å². The Morgan fingerprint density at radius 2 is 2.03 bits per heavy atom. The molecule has 1 aromatic heterocycles. The van der Waals surface area contributed by atoms with Gasteiger partial charge in [0.1, 0.15) is 6.54 Å². The number of carbonyl (C=O) groups excluding carboxylic acids is 2. The molecule has 3 amide bonds. The van der Waals surface area contributed by atoms with Crippen LogP contribution in [0.5, 0.6) is 0 Å². The molecule has 0 spiro atoms. The minimum absolute atomic E-state index is 0.0940. The van der Waals surface area contributed by atoms with Gasteiger partial charge in [0.15, 0.2) is 0 Å². The molecule has 2 heterocycles. The molecule has 1 N–H and O–H groups in total. The fourth-order valence-electron chi connectivity index (χ4n) is 3.55. The summed E-state index contributed by atoms with van der Waals surface area (Å²) in [6.45, 7) is 2.86. The van der Waals surface area contributed by atoms with E-state index in [-0.39, 0.29) is 24.5 Å². The van der Waals surface area contributed by atoms with Crippen molar-refractivity contribution in [3.8, 4) is 0 Å². The molecule has 0 bridgehead atoms. The zero-order chi connectivity index (χ0) is 22.4. The second-order valence-electron chi connectivity index (χ2n) is 7.31. The van der Waals surface area contributed by atoms with E-state index in [2.05, 4.69) is 10.4 Å². The highest BCUT2D eigenvalue weighted by Gasteiger charge is 2.34. The quantitative estimate of drug-likeness (QED) is 0.678. The first-order valence-electron chi connectivity index (χ1n) is 10.2. The predicted molar refractivity (Wildman–Crippen MR) is 120 cm³/mol. The van der Waals surface area contributed by atoms with Gasteiger partial charge in [0.2, 0.25) is 0 Å². The number of hydrogen-bond donors (Lipinski definition) is 1. The fraction of sp³-hybridized carbons (Fsp3) is 0.409. The minimum Gasteiger partial charge on any atom is -0.383 e. The van der Waals surface area contributed by atoms with Gasteiger partial charge in [0.25, 0.3) is 5.91 Å². The zero-order valence-corrected chi connectivity index (χ0v) is 18.8. The number of hydrogen-bond acceptors (Lipinski definition) is 4.